The molecule has 0 aliphatic carbocycles. The van der Waals surface area contributed by atoms with Gasteiger partial charge in [0.25, 0.3) is 0 Å². The fourth-order valence-electron chi connectivity index (χ4n) is 1.10. The molecule has 1 N–H and O–H groups in total. The quantitative estimate of drug-likeness (QED) is 0.669. The molecule has 2 nitrogen and oxygen atoms in total. The molecule has 0 atom stereocenters. The SMILES string of the molecule is CC(/C=C(/C)NCC(C)C)=NCC(C)C. The molecule has 0 radical (unpaired) electrons. The van der Waals surface area contributed by atoms with Crippen molar-refractivity contribution in [2.75, 3.05) is 13.1 Å². The minimum Gasteiger partial charge on any atom is -0.388 e. The molecule has 0 aliphatic heterocycles. The van der Waals surface area contributed by atoms with E-state index in [1.807, 2.05) is 0 Å². The predicted octanol–water partition coefficient (Wildman–Crippen LogP) is 3.25. The molecule has 0 aromatic carbocycles. The first kappa shape index (κ1) is 14.2. The number of rotatable bonds is 6. The van der Waals surface area contributed by atoms with Gasteiger partial charge in [-0.2, -0.15) is 0 Å². The number of hydrogen-bond acceptors (Lipinski definition) is 2. The Morgan fingerprint density at radius 2 is 1.73 bits per heavy atom. The Morgan fingerprint density at radius 1 is 1.13 bits per heavy atom. The van der Waals surface area contributed by atoms with Crippen molar-refractivity contribution in [1.82, 2.24) is 5.32 Å². The van der Waals surface area contributed by atoms with Crippen LogP contribution in [0.25, 0.3) is 0 Å². The maximum atomic E-state index is 4.49. The van der Waals surface area contributed by atoms with E-state index in [-0.39, 0.29) is 0 Å². The molecule has 0 fully saturated rings. The van der Waals surface area contributed by atoms with Crippen molar-refractivity contribution < 1.29 is 0 Å². The molecule has 0 aromatic rings. The van der Waals surface area contributed by atoms with E-state index in [0.29, 0.717) is 11.8 Å². The van der Waals surface area contributed by atoms with Crippen LogP contribution in [-0.4, -0.2) is 18.8 Å². The molecule has 2 heteroatoms. The van der Waals surface area contributed by atoms with E-state index >= 15 is 0 Å². The average Bonchev–Trinajstić information content (AvgIpc) is 2.11. The molecule has 0 amide bonds. The standard InChI is InChI=1S/C13H26N2/c1-10(2)8-14-12(5)7-13(6)15-9-11(3)4/h7,10-11,14H,8-9H2,1-6H3/b12-7-,15-13?. The fraction of sp³-hybridized carbons (Fsp3) is 0.769. The van der Waals surface area contributed by atoms with Crippen molar-refractivity contribution in [3.05, 3.63) is 11.8 Å². The summed E-state index contributed by atoms with van der Waals surface area (Å²) in [6.07, 6.45) is 2.12. The molecule has 0 rings (SSSR count). The number of allylic oxidation sites excluding steroid dienone is 2. The third-order valence-corrected chi connectivity index (χ3v) is 1.92. The summed E-state index contributed by atoms with van der Waals surface area (Å²) in [5, 5.41) is 3.38. The first-order chi connectivity index (χ1) is 6.91. The van der Waals surface area contributed by atoms with Gasteiger partial charge >= 0.3 is 0 Å². The Hall–Kier alpha value is -0.790. The highest BCUT2D eigenvalue weighted by Gasteiger charge is 1.95. The van der Waals surface area contributed by atoms with Crippen LogP contribution in [0.15, 0.2) is 16.8 Å². The zero-order valence-electron chi connectivity index (χ0n) is 11.1. The molecule has 0 spiro atoms. The molecule has 0 aliphatic rings. The number of nitrogens with zero attached hydrogens (tertiary/aromatic N) is 1. The molecule has 0 heterocycles. The molecule has 15 heavy (non-hydrogen) atoms. The molecule has 0 unspecified atom stereocenters. The molecule has 0 saturated heterocycles. The van der Waals surface area contributed by atoms with Crippen LogP contribution in [0.2, 0.25) is 0 Å². The first-order valence-corrected chi connectivity index (χ1v) is 5.85. The molecule has 88 valence electrons. The van der Waals surface area contributed by atoms with Gasteiger partial charge in [-0.15, -0.1) is 0 Å². The van der Waals surface area contributed by atoms with Gasteiger partial charge in [-0.25, -0.2) is 0 Å². The minimum absolute atomic E-state index is 0.636. The molecular formula is C13H26N2. The van der Waals surface area contributed by atoms with Gasteiger partial charge in [-0.05, 0) is 31.8 Å². The third-order valence-electron chi connectivity index (χ3n) is 1.92. The van der Waals surface area contributed by atoms with Crippen LogP contribution in [0.5, 0.6) is 0 Å². The second-order valence-electron chi connectivity index (χ2n) is 4.98. The first-order valence-electron chi connectivity index (χ1n) is 5.85. The van der Waals surface area contributed by atoms with Crippen LogP contribution in [0, 0.1) is 11.8 Å². The predicted molar refractivity (Wildman–Crippen MR) is 69.4 cm³/mol. The normalized spacial score (nSPS) is 13.9. The third kappa shape index (κ3) is 9.51. The van der Waals surface area contributed by atoms with Crippen LogP contribution >= 0.6 is 0 Å². The van der Waals surface area contributed by atoms with Crippen LogP contribution in [-0.2, 0) is 0 Å². The van der Waals surface area contributed by atoms with Crippen molar-refractivity contribution in [2.45, 2.75) is 41.5 Å². The minimum atomic E-state index is 0.636. The maximum Gasteiger partial charge on any atom is 0.0415 e. The van der Waals surface area contributed by atoms with E-state index in [4.69, 9.17) is 0 Å². The summed E-state index contributed by atoms with van der Waals surface area (Å²) in [6, 6.07) is 0. The van der Waals surface area contributed by atoms with Gasteiger partial charge < -0.3 is 5.32 Å². The second-order valence-corrected chi connectivity index (χ2v) is 4.98. The average molecular weight is 210 g/mol. The van der Waals surface area contributed by atoms with E-state index in [1.165, 1.54) is 5.70 Å². The van der Waals surface area contributed by atoms with Crippen molar-refractivity contribution in [2.24, 2.45) is 16.8 Å². The highest BCUT2D eigenvalue weighted by atomic mass is 14.9. The Bertz CT molecular complexity index is 225. The van der Waals surface area contributed by atoms with Crippen LogP contribution in [0.3, 0.4) is 0 Å². The van der Waals surface area contributed by atoms with E-state index in [1.54, 1.807) is 0 Å². The van der Waals surface area contributed by atoms with Crippen molar-refractivity contribution in [1.29, 1.82) is 0 Å². The van der Waals surface area contributed by atoms with Gasteiger partial charge in [-0.3, -0.25) is 4.99 Å². The van der Waals surface area contributed by atoms with Gasteiger partial charge in [0.05, 0.1) is 0 Å². The van der Waals surface area contributed by atoms with E-state index in [0.717, 1.165) is 18.8 Å². The molecule has 0 aromatic heterocycles. The van der Waals surface area contributed by atoms with Gasteiger partial charge in [0.1, 0.15) is 0 Å². The number of nitrogens with one attached hydrogen (secondary N) is 1. The Kier molecular flexibility index (Phi) is 7.10. The van der Waals surface area contributed by atoms with Gasteiger partial charge in [0, 0.05) is 24.5 Å². The zero-order valence-corrected chi connectivity index (χ0v) is 11.1. The lowest BCUT2D eigenvalue weighted by atomic mass is 10.2. The lowest BCUT2D eigenvalue weighted by Gasteiger charge is -2.09. The topological polar surface area (TPSA) is 24.4 Å². The van der Waals surface area contributed by atoms with Crippen LogP contribution in [0.1, 0.15) is 41.5 Å². The summed E-state index contributed by atoms with van der Waals surface area (Å²) in [5.41, 5.74) is 2.31. The van der Waals surface area contributed by atoms with Crippen molar-refractivity contribution in [3.8, 4) is 0 Å². The Balaban J connectivity index is 4.04. The number of aliphatic imine (C=N–C) groups is 1. The molecule has 0 bridgehead atoms. The van der Waals surface area contributed by atoms with Crippen LogP contribution < -0.4 is 5.32 Å². The highest BCUT2D eigenvalue weighted by molar-refractivity contribution is 5.93. The van der Waals surface area contributed by atoms with Crippen molar-refractivity contribution in [3.63, 3.8) is 0 Å². The lowest BCUT2D eigenvalue weighted by Crippen LogP contribution is -2.18. The largest absolute Gasteiger partial charge is 0.388 e. The summed E-state index contributed by atoms with van der Waals surface area (Å²) in [4.78, 5) is 4.49. The summed E-state index contributed by atoms with van der Waals surface area (Å²) in [7, 11) is 0. The van der Waals surface area contributed by atoms with Gasteiger partial charge in [0.2, 0.25) is 0 Å². The summed E-state index contributed by atoms with van der Waals surface area (Å²) in [5.74, 6) is 1.32. The Morgan fingerprint density at radius 3 is 2.20 bits per heavy atom. The summed E-state index contributed by atoms with van der Waals surface area (Å²) >= 11 is 0. The summed E-state index contributed by atoms with van der Waals surface area (Å²) in [6.45, 7) is 14.9. The smallest absolute Gasteiger partial charge is 0.0415 e. The lowest BCUT2D eigenvalue weighted by molar-refractivity contribution is 0.596. The maximum absolute atomic E-state index is 4.49. The van der Waals surface area contributed by atoms with Gasteiger partial charge in [0.15, 0.2) is 0 Å². The zero-order chi connectivity index (χ0) is 11.8. The summed E-state index contributed by atoms with van der Waals surface area (Å²) < 4.78 is 0. The Labute approximate surface area is 94.9 Å². The fourth-order valence-corrected chi connectivity index (χ4v) is 1.10. The van der Waals surface area contributed by atoms with E-state index in [2.05, 4.69) is 57.9 Å². The molecule has 0 saturated carbocycles. The van der Waals surface area contributed by atoms with Crippen molar-refractivity contribution >= 4 is 5.71 Å². The van der Waals surface area contributed by atoms with Gasteiger partial charge in [-0.1, -0.05) is 27.7 Å². The van der Waals surface area contributed by atoms with E-state index < -0.39 is 0 Å². The highest BCUT2D eigenvalue weighted by Crippen LogP contribution is 1.96. The second kappa shape index (κ2) is 7.49. The molecular weight excluding hydrogens is 184 g/mol. The monoisotopic (exact) mass is 210 g/mol. The number of hydrogen-bond donors (Lipinski definition) is 1. The van der Waals surface area contributed by atoms with Crippen LogP contribution in [0.4, 0.5) is 0 Å². The van der Waals surface area contributed by atoms with E-state index in [9.17, 15) is 0 Å².